The van der Waals surface area contributed by atoms with Crippen molar-refractivity contribution in [1.29, 1.82) is 0 Å². The molecule has 1 saturated heterocycles. The summed E-state index contributed by atoms with van der Waals surface area (Å²) in [7, 11) is -3.13. The van der Waals surface area contributed by atoms with Gasteiger partial charge < -0.3 is 10.1 Å². The number of carbonyl (C=O) groups is 1. The number of nitrogens with one attached hydrogen (secondary N) is 1. The SMILES string of the molecule is CC(C)(C)OC(=O)NCC1(C)CCCCS1(=O)=O. The minimum Gasteiger partial charge on any atom is -0.444 e. The highest BCUT2D eigenvalue weighted by molar-refractivity contribution is 7.92. The Balaban J connectivity index is 2.59. The first-order valence-electron chi connectivity index (χ1n) is 6.25. The molecule has 1 atom stereocenters. The quantitative estimate of drug-likeness (QED) is 0.836. The van der Waals surface area contributed by atoms with E-state index in [1.807, 2.05) is 0 Å². The van der Waals surface area contributed by atoms with E-state index in [1.165, 1.54) is 0 Å². The molecule has 1 unspecified atom stereocenters. The second-order valence-corrected chi connectivity index (χ2v) is 8.70. The van der Waals surface area contributed by atoms with Gasteiger partial charge in [0.1, 0.15) is 5.60 Å². The van der Waals surface area contributed by atoms with Gasteiger partial charge in [0.2, 0.25) is 0 Å². The Hall–Kier alpha value is -0.780. The van der Waals surface area contributed by atoms with Crippen LogP contribution in [-0.2, 0) is 14.6 Å². The van der Waals surface area contributed by atoms with Gasteiger partial charge in [0, 0.05) is 6.54 Å². The summed E-state index contributed by atoms with van der Waals surface area (Å²) in [5.41, 5.74) is -0.573. The molecule has 1 heterocycles. The molecule has 0 bridgehead atoms. The van der Waals surface area contributed by atoms with Gasteiger partial charge in [-0.15, -0.1) is 0 Å². The lowest BCUT2D eigenvalue weighted by molar-refractivity contribution is 0.0522. The van der Waals surface area contributed by atoms with E-state index < -0.39 is 26.3 Å². The van der Waals surface area contributed by atoms with Crippen molar-refractivity contribution >= 4 is 15.9 Å². The molecule has 1 rings (SSSR count). The second kappa shape index (κ2) is 5.07. The topological polar surface area (TPSA) is 72.5 Å². The maximum Gasteiger partial charge on any atom is 0.407 e. The molecule has 0 aromatic carbocycles. The predicted molar refractivity (Wildman–Crippen MR) is 70.3 cm³/mol. The van der Waals surface area contributed by atoms with E-state index in [9.17, 15) is 13.2 Å². The molecule has 6 heteroatoms. The lowest BCUT2D eigenvalue weighted by atomic mass is 10.0. The fourth-order valence-electron chi connectivity index (χ4n) is 1.96. The van der Waals surface area contributed by atoms with Gasteiger partial charge in [-0.2, -0.15) is 0 Å². The number of carbonyl (C=O) groups excluding carboxylic acids is 1. The third-order valence-corrected chi connectivity index (χ3v) is 5.80. The molecule has 1 aliphatic rings. The number of ether oxygens (including phenoxy) is 1. The van der Waals surface area contributed by atoms with E-state index in [0.717, 1.165) is 6.42 Å². The first-order chi connectivity index (χ1) is 8.06. The lowest BCUT2D eigenvalue weighted by Crippen LogP contribution is -2.50. The molecule has 18 heavy (non-hydrogen) atoms. The summed E-state index contributed by atoms with van der Waals surface area (Å²) in [5, 5.41) is 2.56. The van der Waals surface area contributed by atoms with Crippen LogP contribution in [0.15, 0.2) is 0 Å². The van der Waals surface area contributed by atoms with Crippen LogP contribution in [0.5, 0.6) is 0 Å². The summed E-state index contributed by atoms with van der Waals surface area (Å²) >= 11 is 0. The third-order valence-electron chi connectivity index (χ3n) is 3.13. The zero-order chi connectivity index (χ0) is 14.0. The van der Waals surface area contributed by atoms with E-state index in [1.54, 1.807) is 27.7 Å². The molecule has 106 valence electrons. The fourth-order valence-corrected chi connectivity index (χ4v) is 3.79. The van der Waals surface area contributed by atoms with Gasteiger partial charge >= 0.3 is 6.09 Å². The van der Waals surface area contributed by atoms with Crippen LogP contribution in [0.1, 0.15) is 47.0 Å². The second-order valence-electron chi connectivity index (χ2n) is 6.08. The van der Waals surface area contributed by atoms with Crippen LogP contribution in [-0.4, -0.2) is 37.2 Å². The molecule has 0 spiro atoms. The molecule has 1 N–H and O–H groups in total. The molecular weight excluding hydrogens is 254 g/mol. The first kappa shape index (κ1) is 15.3. The largest absolute Gasteiger partial charge is 0.444 e. The standard InChI is InChI=1S/C12H23NO4S/c1-11(2,3)17-10(14)13-9-12(4)7-5-6-8-18(12,15)16/h5-9H2,1-4H3,(H,13,14). The lowest BCUT2D eigenvalue weighted by Gasteiger charge is -2.33. The van der Waals surface area contributed by atoms with E-state index in [4.69, 9.17) is 4.74 Å². The Bertz CT molecular complexity index is 410. The molecule has 1 aliphatic heterocycles. The van der Waals surface area contributed by atoms with Gasteiger partial charge in [-0.05, 0) is 40.5 Å². The third kappa shape index (κ3) is 3.86. The number of sulfone groups is 1. The van der Waals surface area contributed by atoms with E-state index in [-0.39, 0.29) is 12.3 Å². The van der Waals surface area contributed by atoms with Gasteiger partial charge in [-0.3, -0.25) is 0 Å². The van der Waals surface area contributed by atoms with Crippen LogP contribution < -0.4 is 5.32 Å². The maximum atomic E-state index is 12.0. The Labute approximate surface area is 109 Å². The summed E-state index contributed by atoms with van der Waals surface area (Å²) in [6.45, 7) is 7.12. The summed E-state index contributed by atoms with van der Waals surface area (Å²) in [5.74, 6) is 0.208. The molecule has 0 aromatic rings. The minimum absolute atomic E-state index is 0.115. The zero-order valence-electron chi connectivity index (χ0n) is 11.6. The van der Waals surface area contributed by atoms with E-state index >= 15 is 0 Å². The van der Waals surface area contributed by atoms with E-state index in [2.05, 4.69) is 5.32 Å². The van der Waals surface area contributed by atoms with Crippen LogP contribution in [0.4, 0.5) is 4.79 Å². The summed E-state index contributed by atoms with van der Waals surface area (Å²) < 4.78 is 28.3. The van der Waals surface area contributed by atoms with Gasteiger partial charge in [-0.1, -0.05) is 6.42 Å². The Kier molecular flexibility index (Phi) is 4.30. The van der Waals surface area contributed by atoms with Crippen molar-refractivity contribution < 1.29 is 17.9 Å². The van der Waals surface area contributed by atoms with Crippen molar-refractivity contribution in [3.63, 3.8) is 0 Å². The van der Waals surface area contributed by atoms with Gasteiger partial charge in [0.15, 0.2) is 9.84 Å². The monoisotopic (exact) mass is 277 g/mol. The average Bonchev–Trinajstić information content (AvgIpc) is 2.17. The fraction of sp³-hybridized carbons (Fsp3) is 0.917. The highest BCUT2D eigenvalue weighted by Gasteiger charge is 2.41. The highest BCUT2D eigenvalue weighted by Crippen LogP contribution is 2.30. The summed E-state index contributed by atoms with van der Waals surface area (Å²) in [4.78, 5) is 11.5. The predicted octanol–water partition coefficient (Wildman–Crippen LogP) is 1.87. The van der Waals surface area contributed by atoms with Crippen molar-refractivity contribution in [2.45, 2.75) is 57.3 Å². The van der Waals surface area contributed by atoms with Gasteiger partial charge in [-0.25, -0.2) is 13.2 Å². The minimum atomic E-state index is -3.13. The first-order valence-corrected chi connectivity index (χ1v) is 7.90. The molecule has 1 amide bonds. The maximum absolute atomic E-state index is 12.0. The molecule has 0 aromatic heterocycles. The Morgan fingerprint density at radius 2 is 1.94 bits per heavy atom. The van der Waals surface area contributed by atoms with Crippen LogP contribution >= 0.6 is 0 Å². The Morgan fingerprint density at radius 3 is 2.44 bits per heavy atom. The number of rotatable bonds is 2. The van der Waals surface area contributed by atoms with Crippen LogP contribution in [0.2, 0.25) is 0 Å². The number of amides is 1. The van der Waals surface area contributed by atoms with Gasteiger partial charge in [0.05, 0.1) is 10.5 Å². The average molecular weight is 277 g/mol. The van der Waals surface area contributed by atoms with E-state index in [0.29, 0.717) is 12.8 Å². The number of alkyl carbamates (subject to hydrolysis) is 1. The molecule has 1 fully saturated rings. The highest BCUT2D eigenvalue weighted by atomic mass is 32.2. The number of hydrogen-bond donors (Lipinski definition) is 1. The molecule has 0 aliphatic carbocycles. The van der Waals surface area contributed by atoms with Crippen molar-refractivity contribution in [3.05, 3.63) is 0 Å². The van der Waals surface area contributed by atoms with Crippen molar-refractivity contribution in [2.75, 3.05) is 12.3 Å². The number of hydrogen-bond acceptors (Lipinski definition) is 4. The van der Waals surface area contributed by atoms with Crippen molar-refractivity contribution in [3.8, 4) is 0 Å². The zero-order valence-corrected chi connectivity index (χ0v) is 12.4. The molecule has 0 saturated carbocycles. The normalized spacial score (nSPS) is 27.6. The molecular formula is C12H23NO4S. The summed E-state index contributed by atoms with van der Waals surface area (Å²) in [6, 6.07) is 0. The molecule has 5 nitrogen and oxygen atoms in total. The summed E-state index contributed by atoms with van der Waals surface area (Å²) in [6.07, 6.45) is 1.62. The van der Waals surface area contributed by atoms with Crippen LogP contribution in [0, 0.1) is 0 Å². The van der Waals surface area contributed by atoms with Crippen molar-refractivity contribution in [1.82, 2.24) is 5.32 Å². The van der Waals surface area contributed by atoms with Crippen LogP contribution in [0.25, 0.3) is 0 Å². The van der Waals surface area contributed by atoms with Gasteiger partial charge in [0.25, 0.3) is 0 Å². The molecule has 0 radical (unpaired) electrons. The van der Waals surface area contributed by atoms with Crippen molar-refractivity contribution in [2.24, 2.45) is 0 Å². The Morgan fingerprint density at radius 1 is 1.33 bits per heavy atom. The van der Waals surface area contributed by atoms with Crippen LogP contribution in [0.3, 0.4) is 0 Å². The smallest absolute Gasteiger partial charge is 0.407 e.